The van der Waals surface area contributed by atoms with Crippen LogP contribution in [0.5, 0.6) is 0 Å². The lowest BCUT2D eigenvalue weighted by Gasteiger charge is -2.33. The first-order valence-corrected chi connectivity index (χ1v) is 11.0. The third kappa shape index (κ3) is 5.48. The summed E-state index contributed by atoms with van der Waals surface area (Å²) in [5, 5.41) is 13.4. The summed E-state index contributed by atoms with van der Waals surface area (Å²) in [6.45, 7) is 1.86. The fraction of sp³-hybridized carbons (Fsp3) is 0.389. The molecule has 3 rings (SSSR count). The van der Waals surface area contributed by atoms with Crippen LogP contribution < -0.4 is 10.2 Å². The van der Waals surface area contributed by atoms with E-state index in [1.54, 1.807) is 18.5 Å². The fourth-order valence-corrected chi connectivity index (χ4v) is 4.56. The number of nitrogens with zero attached hydrogens (tertiary/aromatic N) is 5. The zero-order chi connectivity index (χ0) is 21.6. The van der Waals surface area contributed by atoms with Gasteiger partial charge in [-0.1, -0.05) is 6.07 Å². The zero-order valence-electron chi connectivity index (χ0n) is 16.2. The molecular formula is C18H22N6O5S. The number of carbonyl (C=O) groups is 1. The number of sulfonamides is 1. The Bertz CT molecular complexity index is 993. The maximum absolute atomic E-state index is 12.6. The number of carbonyl (C=O) groups excluding carboxylic acids is 1. The average molecular weight is 434 g/mol. The van der Waals surface area contributed by atoms with Crippen molar-refractivity contribution in [3.63, 3.8) is 0 Å². The highest BCUT2D eigenvalue weighted by Gasteiger charge is 2.27. The number of aromatic nitrogens is 2. The zero-order valence-corrected chi connectivity index (χ0v) is 17.0. The molecule has 0 saturated carbocycles. The van der Waals surface area contributed by atoms with Crippen LogP contribution in [0.2, 0.25) is 0 Å². The predicted octanol–water partition coefficient (Wildman–Crippen LogP) is 0.657. The minimum Gasteiger partial charge on any atom is -0.352 e. The van der Waals surface area contributed by atoms with Gasteiger partial charge in [-0.3, -0.25) is 14.9 Å². The highest BCUT2D eigenvalue weighted by Crippen LogP contribution is 2.14. The molecule has 0 atom stereocenters. The van der Waals surface area contributed by atoms with Gasteiger partial charge in [-0.2, -0.15) is 4.31 Å². The van der Waals surface area contributed by atoms with E-state index < -0.39 is 20.9 Å². The van der Waals surface area contributed by atoms with Gasteiger partial charge in [0, 0.05) is 62.8 Å². The molecule has 2 heterocycles. The van der Waals surface area contributed by atoms with Gasteiger partial charge < -0.3 is 10.2 Å². The molecule has 1 aromatic carbocycles. The molecule has 30 heavy (non-hydrogen) atoms. The number of benzene rings is 1. The summed E-state index contributed by atoms with van der Waals surface area (Å²) in [5.74, 6) is 0.00956. The van der Waals surface area contributed by atoms with Crippen molar-refractivity contribution in [2.45, 2.75) is 6.42 Å². The molecule has 2 aromatic rings. The van der Waals surface area contributed by atoms with Crippen LogP contribution in [-0.2, 0) is 10.0 Å². The van der Waals surface area contributed by atoms with Gasteiger partial charge in [0.1, 0.15) is 0 Å². The number of amides is 1. The number of anilines is 1. The van der Waals surface area contributed by atoms with Gasteiger partial charge in [0.25, 0.3) is 11.6 Å². The second-order valence-electron chi connectivity index (χ2n) is 6.67. The smallest absolute Gasteiger partial charge is 0.270 e. The van der Waals surface area contributed by atoms with Gasteiger partial charge in [0.05, 0.1) is 10.7 Å². The molecular weight excluding hydrogens is 412 g/mol. The summed E-state index contributed by atoms with van der Waals surface area (Å²) in [4.78, 5) is 32.6. The first-order chi connectivity index (χ1) is 14.4. The van der Waals surface area contributed by atoms with Gasteiger partial charge in [0.2, 0.25) is 16.0 Å². The molecule has 1 aliphatic heterocycles. The van der Waals surface area contributed by atoms with Crippen molar-refractivity contribution in [2.24, 2.45) is 0 Å². The Labute approximate surface area is 173 Å². The fourth-order valence-electron chi connectivity index (χ4n) is 3.07. The summed E-state index contributed by atoms with van der Waals surface area (Å²) in [5.41, 5.74) is -0.0171. The lowest BCUT2D eigenvalue weighted by Crippen LogP contribution is -2.49. The highest BCUT2D eigenvalue weighted by atomic mass is 32.2. The van der Waals surface area contributed by atoms with Crippen LogP contribution in [0.15, 0.2) is 42.7 Å². The number of piperazine rings is 1. The van der Waals surface area contributed by atoms with Crippen molar-refractivity contribution in [3.8, 4) is 0 Å². The minimum absolute atomic E-state index is 0.0932. The van der Waals surface area contributed by atoms with E-state index in [1.807, 2.05) is 4.90 Å². The lowest BCUT2D eigenvalue weighted by molar-refractivity contribution is -0.384. The summed E-state index contributed by atoms with van der Waals surface area (Å²) in [7, 11) is -3.44. The monoisotopic (exact) mass is 434 g/mol. The Kier molecular flexibility index (Phi) is 6.90. The molecule has 1 amide bonds. The Morgan fingerprint density at radius 1 is 1.13 bits per heavy atom. The van der Waals surface area contributed by atoms with E-state index in [2.05, 4.69) is 15.3 Å². The largest absolute Gasteiger partial charge is 0.352 e. The molecule has 1 fully saturated rings. The molecule has 160 valence electrons. The summed E-state index contributed by atoms with van der Waals surface area (Å²) in [6.07, 6.45) is 3.53. The molecule has 0 spiro atoms. The van der Waals surface area contributed by atoms with E-state index in [0.717, 1.165) is 0 Å². The first-order valence-electron chi connectivity index (χ1n) is 9.39. The van der Waals surface area contributed by atoms with Crippen LogP contribution >= 0.6 is 0 Å². The third-order valence-electron chi connectivity index (χ3n) is 4.65. The number of non-ortho nitro benzene ring substituents is 1. The number of nitro groups is 1. The molecule has 12 heteroatoms. The predicted molar refractivity (Wildman–Crippen MR) is 110 cm³/mol. The molecule has 1 aliphatic rings. The van der Waals surface area contributed by atoms with Crippen LogP contribution in [0, 0.1) is 10.1 Å². The Morgan fingerprint density at radius 3 is 2.50 bits per heavy atom. The maximum Gasteiger partial charge on any atom is 0.270 e. The maximum atomic E-state index is 12.6. The van der Waals surface area contributed by atoms with Crippen LogP contribution in [0.25, 0.3) is 0 Å². The molecule has 1 N–H and O–H groups in total. The SMILES string of the molecule is O=C(NCCCS(=O)(=O)N1CCN(c2ncccn2)CC1)c1cccc([N+](=O)[O-])c1. The van der Waals surface area contributed by atoms with Gasteiger partial charge in [-0.15, -0.1) is 0 Å². The van der Waals surface area contributed by atoms with Crippen molar-refractivity contribution >= 4 is 27.6 Å². The number of nitro benzene ring substituents is 1. The van der Waals surface area contributed by atoms with Crippen LogP contribution in [0.4, 0.5) is 11.6 Å². The number of rotatable bonds is 8. The van der Waals surface area contributed by atoms with E-state index >= 15 is 0 Å². The van der Waals surface area contributed by atoms with E-state index in [9.17, 15) is 23.3 Å². The standard InChI is InChI=1S/C18H22N6O5S/c25-17(15-4-1-5-16(14-15)24(26)27)19-8-3-13-30(28,29)23-11-9-22(10-12-23)18-20-6-2-7-21-18/h1-2,4-7,14H,3,8-13H2,(H,19,25). The average Bonchev–Trinajstić information content (AvgIpc) is 2.77. The normalized spacial score (nSPS) is 15.0. The van der Waals surface area contributed by atoms with Gasteiger partial charge in [-0.05, 0) is 18.6 Å². The van der Waals surface area contributed by atoms with Crippen molar-refractivity contribution in [3.05, 3.63) is 58.4 Å². The molecule has 0 unspecified atom stereocenters. The Morgan fingerprint density at radius 2 is 1.83 bits per heavy atom. The molecule has 0 aliphatic carbocycles. The second-order valence-corrected chi connectivity index (χ2v) is 8.76. The molecule has 0 radical (unpaired) electrons. The van der Waals surface area contributed by atoms with E-state index in [1.165, 1.54) is 28.6 Å². The van der Waals surface area contributed by atoms with Crippen molar-refractivity contribution < 1.29 is 18.1 Å². The second kappa shape index (κ2) is 9.59. The third-order valence-corrected chi connectivity index (χ3v) is 6.61. The van der Waals surface area contributed by atoms with Gasteiger partial charge in [-0.25, -0.2) is 18.4 Å². The van der Waals surface area contributed by atoms with E-state index in [4.69, 9.17) is 0 Å². The topological polar surface area (TPSA) is 139 Å². The molecule has 1 saturated heterocycles. The molecule has 11 nitrogen and oxygen atoms in total. The number of hydrogen-bond acceptors (Lipinski definition) is 8. The van der Waals surface area contributed by atoms with Crippen LogP contribution in [-0.4, -0.2) is 72.0 Å². The van der Waals surface area contributed by atoms with Gasteiger partial charge in [0.15, 0.2) is 0 Å². The van der Waals surface area contributed by atoms with Crippen LogP contribution in [0.3, 0.4) is 0 Å². The number of hydrogen-bond donors (Lipinski definition) is 1. The minimum atomic E-state index is -3.44. The highest BCUT2D eigenvalue weighted by molar-refractivity contribution is 7.89. The van der Waals surface area contributed by atoms with Crippen molar-refractivity contribution in [1.29, 1.82) is 0 Å². The summed E-state index contributed by atoms with van der Waals surface area (Å²) >= 11 is 0. The number of nitrogens with one attached hydrogen (secondary N) is 1. The summed E-state index contributed by atoms with van der Waals surface area (Å²) < 4.78 is 26.5. The molecule has 0 bridgehead atoms. The quantitative estimate of drug-likeness (QED) is 0.363. The summed E-state index contributed by atoms with van der Waals surface area (Å²) in [6, 6.07) is 7.10. The Balaban J connectivity index is 1.44. The van der Waals surface area contributed by atoms with Crippen molar-refractivity contribution in [2.75, 3.05) is 43.4 Å². The van der Waals surface area contributed by atoms with Crippen LogP contribution in [0.1, 0.15) is 16.8 Å². The Hall–Kier alpha value is -3.12. The van der Waals surface area contributed by atoms with E-state index in [-0.39, 0.29) is 30.0 Å². The first kappa shape index (κ1) is 21.6. The lowest BCUT2D eigenvalue weighted by atomic mass is 10.2. The molecule has 1 aromatic heterocycles. The van der Waals surface area contributed by atoms with Gasteiger partial charge >= 0.3 is 0 Å². The van der Waals surface area contributed by atoms with Crippen molar-refractivity contribution in [1.82, 2.24) is 19.6 Å². The van der Waals surface area contributed by atoms with E-state index in [0.29, 0.717) is 32.1 Å².